The van der Waals surface area contributed by atoms with Crippen LogP contribution in [-0.2, 0) is 0 Å². The Morgan fingerprint density at radius 2 is 2.04 bits per heavy atom. The van der Waals surface area contributed by atoms with E-state index in [1.54, 1.807) is 0 Å². The smallest absolute Gasteiger partial charge is 0.170 e. The summed E-state index contributed by atoms with van der Waals surface area (Å²) in [6, 6.07) is 9.13. The molecule has 0 aliphatic carbocycles. The van der Waals surface area contributed by atoms with Gasteiger partial charge >= 0.3 is 0 Å². The second kappa shape index (κ2) is 7.16. The second-order valence-corrected chi connectivity index (χ2v) is 7.50. The van der Waals surface area contributed by atoms with E-state index in [-0.39, 0.29) is 12.1 Å². The summed E-state index contributed by atoms with van der Waals surface area (Å²) in [5.41, 5.74) is 5.02. The highest BCUT2D eigenvalue weighted by atomic mass is 32.1. The molecule has 0 saturated carbocycles. The SMILES string of the molecule is CCCN1C(=S)NC(c2ccccn2)C1c1cc(C)n(C(C)C)c1C. The van der Waals surface area contributed by atoms with Crippen molar-refractivity contribution < 1.29 is 0 Å². The van der Waals surface area contributed by atoms with Gasteiger partial charge < -0.3 is 14.8 Å². The van der Waals surface area contributed by atoms with Gasteiger partial charge in [-0.15, -0.1) is 0 Å². The van der Waals surface area contributed by atoms with Crippen molar-refractivity contribution in [3.8, 4) is 0 Å². The fourth-order valence-corrected chi connectivity index (χ4v) is 4.45. The molecule has 3 heterocycles. The van der Waals surface area contributed by atoms with Gasteiger partial charge in [0.2, 0.25) is 0 Å². The normalized spacial score (nSPS) is 20.4. The summed E-state index contributed by atoms with van der Waals surface area (Å²) < 4.78 is 2.41. The number of aryl methyl sites for hydroxylation is 1. The lowest BCUT2D eigenvalue weighted by molar-refractivity contribution is 0.316. The Balaban J connectivity index is 2.10. The van der Waals surface area contributed by atoms with Crippen molar-refractivity contribution in [1.29, 1.82) is 0 Å². The molecule has 0 radical (unpaired) electrons. The summed E-state index contributed by atoms with van der Waals surface area (Å²) in [6.07, 6.45) is 2.92. The molecule has 25 heavy (non-hydrogen) atoms. The summed E-state index contributed by atoms with van der Waals surface area (Å²) in [5, 5.41) is 4.35. The molecule has 2 unspecified atom stereocenters. The first-order valence-corrected chi connectivity index (χ1v) is 9.52. The largest absolute Gasteiger partial charge is 0.352 e. The summed E-state index contributed by atoms with van der Waals surface area (Å²) in [6.45, 7) is 12.0. The summed E-state index contributed by atoms with van der Waals surface area (Å²) in [5.74, 6) is 0. The average Bonchev–Trinajstić information content (AvgIpc) is 3.05. The van der Waals surface area contributed by atoms with Crippen LogP contribution in [0.25, 0.3) is 0 Å². The lowest BCUT2D eigenvalue weighted by Gasteiger charge is -2.28. The highest BCUT2D eigenvalue weighted by Gasteiger charge is 2.40. The van der Waals surface area contributed by atoms with Crippen LogP contribution in [0.15, 0.2) is 30.5 Å². The topological polar surface area (TPSA) is 33.1 Å². The first-order chi connectivity index (χ1) is 12.0. The summed E-state index contributed by atoms with van der Waals surface area (Å²) >= 11 is 5.67. The van der Waals surface area contributed by atoms with Gasteiger partial charge in [0, 0.05) is 30.2 Å². The van der Waals surface area contributed by atoms with Crippen molar-refractivity contribution in [1.82, 2.24) is 19.8 Å². The number of aromatic nitrogens is 2. The van der Waals surface area contributed by atoms with Gasteiger partial charge in [-0.25, -0.2) is 0 Å². The molecule has 2 atom stereocenters. The summed E-state index contributed by atoms with van der Waals surface area (Å²) in [4.78, 5) is 6.94. The Labute approximate surface area is 156 Å². The molecular formula is C20H28N4S. The first kappa shape index (κ1) is 17.9. The van der Waals surface area contributed by atoms with E-state index in [0.717, 1.165) is 23.8 Å². The number of nitrogens with zero attached hydrogens (tertiary/aromatic N) is 3. The molecule has 1 saturated heterocycles. The molecule has 1 aliphatic rings. The maximum Gasteiger partial charge on any atom is 0.170 e. The second-order valence-electron chi connectivity index (χ2n) is 7.11. The minimum absolute atomic E-state index is 0.0846. The van der Waals surface area contributed by atoms with Gasteiger partial charge in [-0.05, 0) is 70.1 Å². The zero-order valence-electron chi connectivity index (χ0n) is 15.8. The van der Waals surface area contributed by atoms with Crippen LogP contribution in [0.3, 0.4) is 0 Å². The minimum Gasteiger partial charge on any atom is -0.352 e. The Hall–Kier alpha value is -1.88. The van der Waals surface area contributed by atoms with Crippen molar-refractivity contribution in [3.63, 3.8) is 0 Å². The van der Waals surface area contributed by atoms with Crippen LogP contribution in [0.4, 0.5) is 0 Å². The quantitative estimate of drug-likeness (QED) is 0.802. The zero-order valence-corrected chi connectivity index (χ0v) is 16.6. The maximum atomic E-state index is 5.67. The molecule has 0 amide bonds. The Kier molecular flexibility index (Phi) is 5.13. The molecule has 2 aromatic heterocycles. The van der Waals surface area contributed by atoms with Gasteiger partial charge in [-0.1, -0.05) is 13.0 Å². The van der Waals surface area contributed by atoms with Crippen LogP contribution in [0.1, 0.15) is 68.0 Å². The van der Waals surface area contributed by atoms with Crippen LogP contribution in [0, 0.1) is 13.8 Å². The van der Waals surface area contributed by atoms with E-state index in [2.05, 4.69) is 66.5 Å². The van der Waals surface area contributed by atoms with Crippen molar-refractivity contribution in [2.24, 2.45) is 0 Å². The molecule has 5 heteroatoms. The molecular weight excluding hydrogens is 328 g/mol. The lowest BCUT2D eigenvalue weighted by Crippen LogP contribution is -2.30. The van der Waals surface area contributed by atoms with Crippen molar-refractivity contribution in [3.05, 3.63) is 53.1 Å². The number of hydrogen-bond acceptors (Lipinski definition) is 2. The van der Waals surface area contributed by atoms with Gasteiger partial charge in [0.1, 0.15) is 0 Å². The predicted molar refractivity (Wildman–Crippen MR) is 107 cm³/mol. The lowest BCUT2D eigenvalue weighted by atomic mass is 9.96. The van der Waals surface area contributed by atoms with Crippen molar-refractivity contribution >= 4 is 17.3 Å². The third-order valence-corrected chi connectivity index (χ3v) is 5.37. The van der Waals surface area contributed by atoms with E-state index >= 15 is 0 Å². The van der Waals surface area contributed by atoms with Crippen LogP contribution in [0.5, 0.6) is 0 Å². The van der Waals surface area contributed by atoms with Gasteiger partial charge in [-0.2, -0.15) is 0 Å². The van der Waals surface area contributed by atoms with Gasteiger partial charge in [-0.3, -0.25) is 4.98 Å². The van der Waals surface area contributed by atoms with E-state index in [9.17, 15) is 0 Å². The molecule has 134 valence electrons. The number of nitrogens with one attached hydrogen (secondary N) is 1. The van der Waals surface area contributed by atoms with Crippen molar-refractivity contribution in [2.75, 3.05) is 6.54 Å². The van der Waals surface area contributed by atoms with E-state index in [0.29, 0.717) is 6.04 Å². The maximum absolute atomic E-state index is 5.67. The third-order valence-electron chi connectivity index (χ3n) is 5.02. The summed E-state index contributed by atoms with van der Waals surface area (Å²) in [7, 11) is 0. The van der Waals surface area contributed by atoms with Crippen LogP contribution < -0.4 is 5.32 Å². The molecule has 1 aliphatic heterocycles. The number of thiocarbonyl (C=S) groups is 1. The zero-order chi connectivity index (χ0) is 18.1. The van der Waals surface area contributed by atoms with Crippen LogP contribution in [-0.4, -0.2) is 26.1 Å². The molecule has 1 fully saturated rings. The molecule has 4 nitrogen and oxygen atoms in total. The van der Waals surface area contributed by atoms with E-state index in [1.807, 2.05) is 18.3 Å². The molecule has 3 rings (SSSR count). The third kappa shape index (κ3) is 3.17. The van der Waals surface area contributed by atoms with Gasteiger partial charge in [0.05, 0.1) is 17.8 Å². The van der Waals surface area contributed by atoms with Gasteiger partial charge in [0.25, 0.3) is 0 Å². The molecule has 2 aromatic rings. The number of pyridine rings is 1. The van der Waals surface area contributed by atoms with Crippen LogP contribution in [0.2, 0.25) is 0 Å². The standard InChI is InChI=1S/C20H28N4S/c1-6-11-23-19(16-12-14(4)24(13(2)3)15(16)5)18(22-20(23)25)17-9-7-8-10-21-17/h7-10,12-13,18-19H,6,11H2,1-5H3,(H,22,25). The van der Waals surface area contributed by atoms with E-state index < -0.39 is 0 Å². The van der Waals surface area contributed by atoms with Crippen molar-refractivity contribution in [2.45, 2.75) is 59.2 Å². The number of hydrogen-bond donors (Lipinski definition) is 1. The molecule has 1 N–H and O–H groups in total. The highest BCUT2D eigenvalue weighted by Crippen LogP contribution is 2.41. The Morgan fingerprint density at radius 1 is 1.28 bits per heavy atom. The predicted octanol–water partition coefficient (Wildman–Crippen LogP) is 4.46. The highest BCUT2D eigenvalue weighted by molar-refractivity contribution is 7.80. The molecule has 0 spiro atoms. The first-order valence-electron chi connectivity index (χ1n) is 9.12. The monoisotopic (exact) mass is 356 g/mol. The van der Waals surface area contributed by atoms with E-state index in [4.69, 9.17) is 12.2 Å². The molecule has 0 aromatic carbocycles. The fourth-order valence-electron chi connectivity index (χ4n) is 4.12. The van der Waals surface area contributed by atoms with Crippen LogP contribution >= 0.6 is 12.2 Å². The molecule has 0 bridgehead atoms. The Morgan fingerprint density at radius 3 is 2.60 bits per heavy atom. The van der Waals surface area contributed by atoms with E-state index in [1.165, 1.54) is 17.0 Å². The van der Waals surface area contributed by atoms with Gasteiger partial charge in [0.15, 0.2) is 5.11 Å². The fraction of sp³-hybridized carbons (Fsp3) is 0.500. The minimum atomic E-state index is 0.0846. The Bertz CT molecular complexity index is 751. The average molecular weight is 357 g/mol. The number of rotatable bonds is 5.